The normalized spacial score (nSPS) is 12.9. The fourth-order valence-corrected chi connectivity index (χ4v) is 9.51. The predicted molar refractivity (Wildman–Crippen MR) is 257 cm³/mol. The van der Waals surface area contributed by atoms with Crippen LogP contribution in [0, 0.1) is 0 Å². The molecule has 0 saturated carbocycles. The molecule has 0 N–H and O–H groups in total. The highest BCUT2D eigenvalue weighted by Gasteiger charge is 2.37. The lowest BCUT2D eigenvalue weighted by Crippen LogP contribution is -2.30. The molecule has 0 atom stereocenters. The summed E-state index contributed by atoms with van der Waals surface area (Å²) in [5, 5.41) is 2.38. The summed E-state index contributed by atoms with van der Waals surface area (Å²) in [6, 6.07) is 83.3. The van der Waals surface area contributed by atoms with Gasteiger partial charge in [0.2, 0.25) is 0 Å². The maximum absolute atomic E-state index is 2.48. The lowest BCUT2D eigenvalue weighted by Gasteiger charge is -2.42. The Bertz CT molecular complexity index is 3040. The minimum Gasteiger partial charge on any atom is -0.310 e. The van der Waals surface area contributed by atoms with Crippen molar-refractivity contribution in [3.05, 3.63) is 242 Å². The highest BCUT2D eigenvalue weighted by Crippen LogP contribution is 2.53. The number of para-hydroxylation sites is 7. The molecule has 1 aliphatic rings. The second-order valence-corrected chi connectivity index (χ2v) is 16.2. The SMILES string of the molecule is CC1(C)c2ccccc2N(c2ccc(N(c3ccccc3)c3ccccc3)c(-n3c4ccccc4c4cc(N(c5ccccc5)c5ccccc5)ccc43)c2)c2ccccc21. The van der Waals surface area contributed by atoms with E-state index in [1.54, 1.807) is 0 Å². The Kier molecular flexibility index (Phi) is 8.79. The minimum atomic E-state index is -0.165. The van der Waals surface area contributed by atoms with Crippen molar-refractivity contribution in [1.82, 2.24) is 4.57 Å². The van der Waals surface area contributed by atoms with Gasteiger partial charge in [0.1, 0.15) is 0 Å². The molecule has 1 aliphatic heterocycles. The molecule has 0 bridgehead atoms. The van der Waals surface area contributed by atoms with Crippen LogP contribution in [0.2, 0.25) is 0 Å². The molecule has 0 unspecified atom stereocenters. The number of fused-ring (bicyclic) bond motifs is 5. The van der Waals surface area contributed by atoms with Crippen LogP contribution in [-0.2, 0) is 5.41 Å². The number of anilines is 9. The third-order valence-electron chi connectivity index (χ3n) is 12.3. The molecule has 2 heterocycles. The van der Waals surface area contributed by atoms with Crippen LogP contribution in [0.25, 0.3) is 27.5 Å². The Labute approximate surface area is 357 Å². The van der Waals surface area contributed by atoms with Crippen molar-refractivity contribution in [1.29, 1.82) is 0 Å². The lowest BCUT2D eigenvalue weighted by atomic mass is 9.73. The first-order valence-corrected chi connectivity index (χ1v) is 21.0. The van der Waals surface area contributed by atoms with Gasteiger partial charge in [-0.15, -0.1) is 0 Å². The van der Waals surface area contributed by atoms with Crippen molar-refractivity contribution in [2.75, 3.05) is 14.7 Å². The molecule has 0 fully saturated rings. The molecular formula is C57H44N4. The highest BCUT2D eigenvalue weighted by atomic mass is 15.2. The smallest absolute Gasteiger partial charge is 0.0723 e. The molecule has 4 nitrogen and oxygen atoms in total. The summed E-state index contributed by atoms with van der Waals surface area (Å²) in [4.78, 5) is 7.20. The average Bonchev–Trinajstić information content (AvgIpc) is 3.65. The summed E-state index contributed by atoms with van der Waals surface area (Å²) in [6.45, 7) is 4.69. The molecule has 0 radical (unpaired) electrons. The fourth-order valence-electron chi connectivity index (χ4n) is 9.51. The minimum absolute atomic E-state index is 0.165. The van der Waals surface area contributed by atoms with Crippen LogP contribution in [-0.4, -0.2) is 4.57 Å². The standard InChI is InChI=1S/C57H44N4/c1-57(2)49-30-16-19-33-53(49)60(54-34-20-17-31-50(54)57)46-36-38-55(59(43-25-11-5-12-26-43)44-27-13-6-14-28-44)56(40-46)61-51-32-18-15-29-47(51)48-39-45(35-37-52(48)61)58(41-21-7-3-8-22-41)42-23-9-4-10-24-42/h3-40H,1-2H3. The zero-order valence-corrected chi connectivity index (χ0v) is 34.2. The van der Waals surface area contributed by atoms with Gasteiger partial charge in [-0.1, -0.05) is 141 Å². The molecule has 61 heavy (non-hydrogen) atoms. The number of aromatic nitrogens is 1. The molecular weight excluding hydrogens is 741 g/mol. The molecule has 292 valence electrons. The van der Waals surface area contributed by atoms with E-state index in [1.165, 1.54) is 33.3 Å². The van der Waals surface area contributed by atoms with Crippen LogP contribution in [0.1, 0.15) is 25.0 Å². The van der Waals surface area contributed by atoms with Gasteiger partial charge in [0, 0.05) is 50.3 Å². The zero-order valence-electron chi connectivity index (χ0n) is 34.2. The van der Waals surface area contributed by atoms with Crippen molar-refractivity contribution in [3.8, 4) is 5.69 Å². The van der Waals surface area contributed by atoms with Gasteiger partial charge in [-0.05, 0) is 114 Å². The Morgan fingerprint density at radius 3 is 1.36 bits per heavy atom. The van der Waals surface area contributed by atoms with E-state index in [9.17, 15) is 0 Å². The van der Waals surface area contributed by atoms with Crippen LogP contribution in [0.4, 0.5) is 51.2 Å². The van der Waals surface area contributed by atoms with Gasteiger partial charge in [0.15, 0.2) is 0 Å². The highest BCUT2D eigenvalue weighted by molar-refractivity contribution is 6.11. The topological polar surface area (TPSA) is 14.7 Å². The number of nitrogens with zero attached hydrogens (tertiary/aromatic N) is 4. The summed E-state index contributed by atoms with van der Waals surface area (Å²) in [5.41, 5.74) is 15.8. The molecule has 9 aromatic carbocycles. The van der Waals surface area contributed by atoms with Crippen LogP contribution >= 0.6 is 0 Å². The maximum atomic E-state index is 2.48. The molecule has 0 amide bonds. The summed E-state index contributed by atoms with van der Waals surface area (Å²) in [6.07, 6.45) is 0. The average molecular weight is 785 g/mol. The second-order valence-electron chi connectivity index (χ2n) is 16.2. The Morgan fingerprint density at radius 1 is 0.344 bits per heavy atom. The number of rotatable bonds is 8. The van der Waals surface area contributed by atoms with Crippen molar-refractivity contribution < 1.29 is 0 Å². The van der Waals surface area contributed by atoms with Crippen LogP contribution < -0.4 is 14.7 Å². The predicted octanol–water partition coefficient (Wildman–Crippen LogP) is 15.8. The molecule has 10 aromatic rings. The van der Waals surface area contributed by atoms with Crippen LogP contribution in [0.5, 0.6) is 0 Å². The Balaban J connectivity index is 1.20. The van der Waals surface area contributed by atoms with E-state index in [2.05, 4.69) is 264 Å². The number of hydrogen-bond donors (Lipinski definition) is 0. The monoisotopic (exact) mass is 784 g/mol. The van der Waals surface area contributed by atoms with E-state index in [1.807, 2.05) is 0 Å². The van der Waals surface area contributed by atoms with Crippen molar-refractivity contribution in [2.24, 2.45) is 0 Å². The van der Waals surface area contributed by atoms with Crippen molar-refractivity contribution in [2.45, 2.75) is 19.3 Å². The first kappa shape index (κ1) is 36.3. The third kappa shape index (κ3) is 6.07. The summed E-state index contributed by atoms with van der Waals surface area (Å²) < 4.78 is 2.48. The first-order valence-electron chi connectivity index (χ1n) is 21.0. The summed E-state index contributed by atoms with van der Waals surface area (Å²) in [5.74, 6) is 0. The Morgan fingerprint density at radius 2 is 0.803 bits per heavy atom. The number of benzene rings is 9. The van der Waals surface area contributed by atoms with Crippen LogP contribution in [0.3, 0.4) is 0 Å². The third-order valence-corrected chi connectivity index (χ3v) is 12.3. The largest absolute Gasteiger partial charge is 0.310 e. The molecule has 4 heteroatoms. The number of hydrogen-bond acceptors (Lipinski definition) is 3. The fraction of sp³-hybridized carbons (Fsp3) is 0.0526. The second kappa shape index (κ2) is 14.8. The van der Waals surface area contributed by atoms with E-state index >= 15 is 0 Å². The lowest BCUT2D eigenvalue weighted by molar-refractivity contribution is 0.632. The molecule has 1 aromatic heterocycles. The van der Waals surface area contributed by atoms with Crippen molar-refractivity contribution in [3.63, 3.8) is 0 Å². The van der Waals surface area contributed by atoms with Gasteiger partial charge >= 0.3 is 0 Å². The summed E-state index contributed by atoms with van der Waals surface area (Å²) in [7, 11) is 0. The van der Waals surface area contributed by atoms with E-state index in [0.29, 0.717) is 0 Å². The van der Waals surface area contributed by atoms with E-state index in [4.69, 9.17) is 0 Å². The van der Waals surface area contributed by atoms with Gasteiger partial charge < -0.3 is 19.3 Å². The molecule has 11 rings (SSSR count). The van der Waals surface area contributed by atoms with E-state index in [-0.39, 0.29) is 5.41 Å². The van der Waals surface area contributed by atoms with Gasteiger partial charge in [-0.2, -0.15) is 0 Å². The van der Waals surface area contributed by atoms with Gasteiger partial charge in [0.25, 0.3) is 0 Å². The van der Waals surface area contributed by atoms with E-state index in [0.717, 1.165) is 56.5 Å². The Hall–Kier alpha value is -7.82. The maximum Gasteiger partial charge on any atom is 0.0723 e. The van der Waals surface area contributed by atoms with Gasteiger partial charge in [0.05, 0.1) is 33.8 Å². The summed E-state index contributed by atoms with van der Waals surface area (Å²) >= 11 is 0. The van der Waals surface area contributed by atoms with Crippen LogP contribution in [0.15, 0.2) is 231 Å². The van der Waals surface area contributed by atoms with Gasteiger partial charge in [-0.25, -0.2) is 0 Å². The van der Waals surface area contributed by atoms with E-state index < -0.39 is 0 Å². The zero-order chi connectivity index (χ0) is 40.9. The van der Waals surface area contributed by atoms with Gasteiger partial charge in [-0.3, -0.25) is 0 Å². The quantitative estimate of drug-likeness (QED) is 0.153. The molecule has 0 saturated heterocycles. The molecule has 0 aliphatic carbocycles. The van der Waals surface area contributed by atoms with Crippen molar-refractivity contribution >= 4 is 73.0 Å². The molecule has 0 spiro atoms. The first-order chi connectivity index (χ1) is 30.1.